The summed E-state index contributed by atoms with van der Waals surface area (Å²) in [4.78, 5) is 9.74. The van der Waals surface area contributed by atoms with Gasteiger partial charge in [0.1, 0.15) is 11.4 Å². The van der Waals surface area contributed by atoms with Crippen molar-refractivity contribution >= 4 is 43.3 Å². The number of hydrogen-bond donors (Lipinski definition) is 2. The molecule has 5 nitrogen and oxygen atoms in total. The zero-order valence-electron chi connectivity index (χ0n) is 11.0. The zero-order chi connectivity index (χ0) is 14.7. The number of hydrogen-bond acceptors (Lipinski definition) is 6. The number of nitrogens with zero attached hydrogens (tertiary/aromatic N) is 2. The molecule has 1 aromatic carbocycles. The maximum absolute atomic E-state index is 5.68. The molecule has 0 amide bonds. The molecule has 2 aromatic heterocycles. The molecule has 0 saturated heterocycles. The molecule has 7 heteroatoms. The summed E-state index contributed by atoms with van der Waals surface area (Å²) in [6.45, 7) is 0.853. The number of fused-ring (bicyclic) bond motifs is 1. The number of hydrazine groups is 1. The predicted octanol–water partition coefficient (Wildman–Crippen LogP) is 3.46. The number of rotatable bonds is 5. The Morgan fingerprint density at radius 3 is 2.95 bits per heavy atom. The van der Waals surface area contributed by atoms with E-state index >= 15 is 0 Å². The Morgan fingerprint density at radius 2 is 2.14 bits per heavy atom. The molecule has 3 aromatic rings. The Labute approximate surface area is 134 Å². The van der Waals surface area contributed by atoms with E-state index in [1.165, 1.54) is 0 Å². The van der Waals surface area contributed by atoms with Gasteiger partial charge in [-0.15, -0.1) is 11.3 Å². The monoisotopic (exact) mass is 364 g/mol. The third-order valence-corrected chi connectivity index (χ3v) is 4.20. The molecule has 0 aliphatic carbocycles. The normalized spacial score (nSPS) is 11.0. The predicted molar refractivity (Wildman–Crippen MR) is 87.9 cm³/mol. The lowest BCUT2D eigenvalue weighted by Crippen LogP contribution is -2.11. The standard InChI is InChI=1S/C14H13BrN4OS/c15-10-3-1-2-9(6-10)7-20-8-12-17-13(19-16)11-4-5-21-14(11)18-12/h1-6H,7-8,16H2,(H,17,18,19). The van der Waals surface area contributed by atoms with E-state index in [9.17, 15) is 0 Å². The van der Waals surface area contributed by atoms with E-state index < -0.39 is 0 Å². The quantitative estimate of drug-likeness (QED) is 0.535. The van der Waals surface area contributed by atoms with Crippen molar-refractivity contribution in [3.05, 3.63) is 51.6 Å². The van der Waals surface area contributed by atoms with Crippen molar-refractivity contribution in [2.24, 2.45) is 5.84 Å². The van der Waals surface area contributed by atoms with E-state index in [1.807, 2.05) is 35.7 Å². The highest BCUT2D eigenvalue weighted by Crippen LogP contribution is 2.24. The molecule has 21 heavy (non-hydrogen) atoms. The number of halogens is 1. The van der Waals surface area contributed by atoms with Crippen LogP contribution >= 0.6 is 27.3 Å². The average molecular weight is 365 g/mol. The smallest absolute Gasteiger partial charge is 0.158 e. The number of anilines is 1. The van der Waals surface area contributed by atoms with Crippen LogP contribution in [0.25, 0.3) is 10.2 Å². The van der Waals surface area contributed by atoms with Crippen molar-refractivity contribution < 1.29 is 4.74 Å². The maximum Gasteiger partial charge on any atom is 0.158 e. The first-order chi connectivity index (χ1) is 10.3. The third-order valence-electron chi connectivity index (χ3n) is 2.90. The van der Waals surface area contributed by atoms with Gasteiger partial charge in [-0.25, -0.2) is 15.8 Å². The van der Waals surface area contributed by atoms with Crippen molar-refractivity contribution in [1.29, 1.82) is 0 Å². The molecule has 0 aliphatic rings. The number of benzene rings is 1. The Bertz CT molecular complexity index is 762. The second kappa shape index (κ2) is 6.48. The molecule has 0 bridgehead atoms. The van der Waals surface area contributed by atoms with E-state index in [4.69, 9.17) is 10.6 Å². The van der Waals surface area contributed by atoms with Crippen LogP contribution in [0.3, 0.4) is 0 Å². The third kappa shape index (κ3) is 3.38. The molecule has 0 fully saturated rings. The van der Waals surface area contributed by atoms with Gasteiger partial charge in [-0.05, 0) is 29.1 Å². The summed E-state index contributed by atoms with van der Waals surface area (Å²) in [5.74, 6) is 6.74. The molecule has 108 valence electrons. The Balaban J connectivity index is 1.70. The number of aromatic nitrogens is 2. The second-order valence-electron chi connectivity index (χ2n) is 4.39. The van der Waals surface area contributed by atoms with Crippen LogP contribution in [0.1, 0.15) is 11.4 Å². The number of ether oxygens (including phenoxy) is 1. The van der Waals surface area contributed by atoms with Gasteiger partial charge in [0, 0.05) is 4.47 Å². The van der Waals surface area contributed by atoms with Gasteiger partial charge in [-0.1, -0.05) is 28.1 Å². The van der Waals surface area contributed by atoms with Crippen molar-refractivity contribution in [1.82, 2.24) is 9.97 Å². The molecule has 0 atom stereocenters. The molecule has 0 aliphatic heterocycles. The van der Waals surface area contributed by atoms with Crippen LogP contribution in [0, 0.1) is 0 Å². The van der Waals surface area contributed by atoms with Crippen LogP contribution in [0.4, 0.5) is 5.82 Å². The van der Waals surface area contributed by atoms with Gasteiger partial charge in [0.2, 0.25) is 0 Å². The first-order valence-electron chi connectivity index (χ1n) is 6.29. The fourth-order valence-electron chi connectivity index (χ4n) is 1.96. The summed E-state index contributed by atoms with van der Waals surface area (Å²) >= 11 is 4.99. The fraction of sp³-hybridized carbons (Fsp3) is 0.143. The van der Waals surface area contributed by atoms with Gasteiger partial charge in [-0.2, -0.15) is 0 Å². The summed E-state index contributed by atoms with van der Waals surface area (Å²) in [6.07, 6.45) is 0. The van der Waals surface area contributed by atoms with Crippen LogP contribution in [0.5, 0.6) is 0 Å². The Morgan fingerprint density at radius 1 is 1.24 bits per heavy atom. The summed E-state index contributed by atoms with van der Waals surface area (Å²) in [7, 11) is 0. The lowest BCUT2D eigenvalue weighted by molar-refractivity contribution is 0.102. The van der Waals surface area contributed by atoms with Crippen molar-refractivity contribution in [3.63, 3.8) is 0 Å². The first kappa shape index (κ1) is 14.4. The molecule has 2 heterocycles. The van der Waals surface area contributed by atoms with E-state index in [0.29, 0.717) is 24.9 Å². The molecular weight excluding hydrogens is 352 g/mol. The first-order valence-corrected chi connectivity index (χ1v) is 7.96. The Hall–Kier alpha value is -1.54. The Kier molecular flexibility index (Phi) is 4.45. The van der Waals surface area contributed by atoms with E-state index in [1.54, 1.807) is 11.3 Å². The van der Waals surface area contributed by atoms with Crippen LogP contribution < -0.4 is 11.3 Å². The van der Waals surface area contributed by atoms with Crippen molar-refractivity contribution in [3.8, 4) is 0 Å². The van der Waals surface area contributed by atoms with Crippen LogP contribution in [0.2, 0.25) is 0 Å². The summed E-state index contributed by atoms with van der Waals surface area (Å²) in [6, 6.07) is 9.95. The average Bonchev–Trinajstić information content (AvgIpc) is 2.95. The van der Waals surface area contributed by atoms with E-state index in [0.717, 1.165) is 20.3 Å². The van der Waals surface area contributed by atoms with Gasteiger partial charge in [0.25, 0.3) is 0 Å². The highest BCUT2D eigenvalue weighted by Gasteiger charge is 2.08. The minimum Gasteiger partial charge on any atom is -0.369 e. The highest BCUT2D eigenvalue weighted by molar-refractivity contribution is 9.10. The molecule has 0 radical (unpaired) electrons. The molecular formula is C14H13BrN4OS. The molecule has 3 N–H and O–H groups in total. The minimum atomic E-state index is 0.342. The van der Waals surface area contributed by atoms with Gasteiger partial charge in [0.05, 0.1) is 12.0 Å². The molecule has 0 saturated carbocycles. The van der Waals surface area contributed by atoms with E-state index in [-0.39, 0.29) is 0 Å². The number of nitrogens with two attached hydrogens (primary N) is 1. The molecule has 3 rings (SSSR count). The van der Waals surface area contributed by atoms with Gasteiger partial charge in [-0.3, -0.25) is 0 Å². The maximum atomic E-state index is 5.68. The van der Waals surface area contributed by atoms with Crippen LogP contribution in [-0.2, 0) is 18.0 Å². The van der Waals surface area contributed by atoms with E-state index in [2.05, 4.69) is 31.3 Å². The van der Waals surface area contributed by atoms with Gasteiger partial charge < -0.3 is 10.2 Å². The van der Waals surface area contributed by atoms with Crippen LogP contribution in [-0.4, -0.2) is 9.97 Å². The SMILES string of the molecule is NNc1nc(COCc2cccc(Br)c2)nc2sccc12. The van der Waals surface area contributed by atoms with Crippen molar-refractivity contribution in [2.45, 2.75) is 13.2 Å². The highest BCUT2D eigenvalue weighted by atomic mass is 79.9. The van der Waals surface area contributed by atoms with Crippen LogP contribution in [0.15, 0.2) is 40.2 Å². The molecule has 0 unspecified atom stereocenters. The zero-order valence-corrected chi connectivity index (χ0v) is 13.4. The fourth-order valence-corrected chi connectivity index (χ4v) is 3.19. The topological polar surface area (TPSA) is 73.1 Å². The molecule has 0 spiro atoms. The second-order valence-corrected chi connectivity index (χ2v) is 6.21. The lowest BCUT2D eigenvalue weighted by Gasteiger charge is -2.06. The van der Waals surface area contributed by atoms with Gasteiger partial charge >= 0.3 is 0 Å². The summed E-state index contributed by atoms with van der Waals surface area (Å²) in [5, 5.41) is 2.89. The number of nitrogen functional groups attached to an aromatic ring is 1. The largest absolute Gasteiger partial charge is 0.369 e. The van der Waals surface area contributed by atoms with Crippen molar-refractivity contribution in [2.75, 3.05) is 5.43 Å². The lowest BCUT2D eigenvalue weighted by atomic mass is 10.2. The van der Waals surface area contributed by atoms with Gasteiger partial charge in [0.15, 0.2) is 11.6 Å². The summed E-state index contributed by atoms with van der Waals surface area (Å²) in [5.41, 5.74) is 3.70. The summed E-state index contributed by atoms with van der Waals surface area (Å²) < 4.78 is 6.71. The number of thiophene rings is 1. The number of nitrogens with one attached hydrogen (secondary N) is 1. The minimum absolute atomic E-state index is 0.342.